The third-order valence-corrected chi connectivity index (χ3v) is 4.43. The third kappa shape index (κ3) is 2.23. The fraction of sp³-hybridized carbons (Fsp3) is 0.444. The van der Waals surface area contributed by atoms with Crippen molar-refractivity contribution in [3.05, 3.63) is 40.1 Å². The summed E-state index contributed by atoms with van der Waals surface area (Å²) in [5, 5.41) is 4.66. The molecule has 0 saturated heterocycles. The van der Waals surface area contributed by atoms with Gasteiger partial charge in [0.1, 0.15) is 5.69 Å². The highest BCUT2D eigenvalue weighted by molar-refractivity contribution is 5.95. The molecule has 4 nitrogen and oxygen atoms in total. The van der Waals surface area contributed by atoms with E-state index in [9.17, 15) is 4.79 Å². The van der Waals surface area contributed by atoms with Crippen LogP contribution in [0.3, 0.4) is 0 Å². The number of carbonyl (C=O) groups is 1. The van der Waals surface area contributed by atoms with Gasteiger partial charge in [-0.25, -0.2) is 0 Å². The Morgan fingerprint density at radius 2 is 1.82 bits per heavy atom. The van der Waals surface area contributed by atoms with Crippen LogP contribution < -0.4 is 4.90 Å². The van der Waals surface area contributed by atoms with E-state index in [0.717, 1.165) is 36.5 Å². The molecule has 0 unspecified atom stereocenters. The van der Waals surface area contributed by atoms with Gasteiger partial charge in [0, 0.05) is 31.8 Å². The average Bonchev–Trinajstić information content (AvgIpc) is 2.74. The lowest BCUT2D eigenvalue weighted by Gasteiger charge is -2.30. The number of Topliss-reactive ketones (excluding diaryl/α,β-unsaturated/α-hetero) is 1. The van der Waals surface area contributed by atoms with Gasteiger partial charge in [-0.1, -0.05) is 17.7 Å². The van der Waals surface area contributed by atoms with Crippen LogP contribution in [0, 0.1) is 20.8 Å². The molecule has 3 rings (SSSR count). The Morgan fingerprint density at radius 3 is 2.41 bits per heavy atom. The number of nitrogens with zero attached hydrogens (tertiary/aromatic N) is 3. The predicted octanol–water partition coefficient (Wildman–Crippen LogP) is 3.63. The van der Waals surface area contributed by atoms with E-state index in [1.165, 1.54) is 22.4 Å². The molecule has 22 heavy (non-hydrogen) atoms. The molecule has 4 heteroatoms. The standard InChI is InChI=1S/C18H23N3O/c1-11-9-12(2)16(13(3)10-11)21-8-6-7-15-17(14(4)22)20(5)19-18(15)21/h9-10H,6-8H2,1-5H3. The second-order valence-electron chi connectivity index (χ2n) is 6.33. The first-order valence-corrected chi connectivity index (χ1v) is 7.82. The first kappa shape index (κ1) is 14.8. The second kappa shape index (κ2) is 5.27. The minimum atomic E-state index is 0.0930. The molecule has 2 aromatic rings. The van der Waals surface area contributed by atoms with Crippen LogP contribution in [0.5, 0.6) is 0 Å². The molecule has 2 heterocycles. The van der Waals surface area contributed by atoms with Crippen LogP contribution in [0.15, 0.2) is 12.1 Å². The molecule has 0 saturated carbocycles. The smallest absolute Gasteiger partial charge is 0.178 e. The van der Waals surface area contributed by atoms with Crippen LogP contribution in [-0.2, 0) is 13.5 Å². The van der Waals surface area contributed by atoms with Crippen molar-refractivity contribution in [3.8, 4) is 0 Å². The Balaban J connectivity index is 2.18. The van der Waals surface area contributed by atoms with Crippen LogP contribution in [-0.4, -0.2) is 22.1 Å². The summed E-state index contributed by atoms with van der Waals surface area (Å²) in [5.41, 5.74) is 6.89. The summed E-state index contributed by atoms with van der Waals surface area (Å²) < 4.78 is 1.74. The summed E-state index contributed by atoms with van der Waals surface area (Å²) in [6.45, 7) is 9.00. The highest BCUT2D eigenvalue weighted by Gasteiger charge is 2.28. The van der Waals surface area contributed by atoms with Gasteiger partial charge in [-0.2, -0.15) is 5.10 Å². The maximum Gasteiger partial charge on any atom is 0.178 e. The topological polar surface area (TPSA) is 38.1 Å². The molecule has 1 aromatic heterocycles. The van der Waals surface area contributed by atoms with Gasteiger partial charge < -0.3 is 4.90 Å². The second-order valence-corrected chi connectivity index (χ2v) is 6.33. The first-order chi connectivity index (χ1) is 10.4. The molecule has 1 aromatic carbocycles. The number of hydrogen-bond acceptors (Lipinski definition) is 3. The number of ketones is 1. The molecular weight excluding hydrogens is 274 g/mol. The molecule has 1 aliphatic rings. The molecular formula is C18H23N3O. The van der Waals surface area contributed by atoms with Gasteiger partial charge in [0.2, 0.25) is 0 Å². The summed E-state index contributed by atoms with van der Waals surface area (Å²) in [6, 6.07) is 4.43. The number of rotatable bonds is 2. The number of hydrogen-bond donors (Lipinski definition) is 0. The molecule has 116 valence electrons. The summed E-state index contributed by atoms with van der Waals surface area (Å²) >= 11 is 0. The highest BCUT2D eigenvalue weighted by Crippen LogP contribution is 2.38. The molecule has 0 bridgehead atoms. The van der Waals surface area contributed by atoms with Crippen LogP contribution in [0.4, 0.5) is 11.5 Å². The normalized spacial score (nSPS) is 14.1. The fourth-order valence-electron chi connectivity index (χ4n) is 3.78. The van der Waals surface area contributed by atoms with E-state index in [1.54, 1.807) is 11.6 Å². The Labute approximate surface area is 131 Å². The van der Waals surface area contributed by atoms with Crippen molar-refractivity contribution in [2.24, 2.45) is 7.05 Å². The Morgan fingerprint density at radius 1 is 1.18 bits per heavy atom. The summed E-state index contributed by atoms with van der Waals surface area (Å²) in [6.07, 6.45) is 1.98. The quantitative estimate of drug-likeness (QED) is 0.794. The maximum atomic E-state index is 11.9. The zero-order chi connectivity index (χ0) is 16.0. The number of fused-ring (bicyclic) bond motifs is 1. The van der Waals surface area contributed by atoms with Gasteiger partial charge in [0.05, 0.1) is 0 Å². The molecule has 0 aliphatic carbocycles. The molecule has 0 radical (unpaired) electrons. The molecule has 0 fully saturated rings. The van der Waals surface area contributed by atoms with Gasteiger partial charge in [-0.3, -0.25) is 9.48 Å². The van der Waals surface area contributed by atoms with E-state index < -0.39 is 0 Å². The zero-order valence-electron chi connectivity index (χ0n) is 14.0. The minimum absolute atomic E-state index is 0.0930. The van der Waals surface area contributed by atoms with E-state index in [-0.39, 0.29) is 5.78 Å². The van der Waals surface area contributed by atoms with Crippen molar-refractivity contribution in [1.82, 2.24) is 9.78 Å². The van der Waals surface area contributed by atoms with Crippen molar-refractivity contribution >= 4 is 17.3 Å². The Hall–Kier alpha value is -2.10. The maximum absolute atomic E-state index is 11.9. The van der Waals surface area contributed by atoms with Crippen molar-refractivity contribution in [2.45, 2.75) is 40.5 Å². The monoisotopic (exact) mass is 297 g/mol. The van der Waals surface area contributed by atoms with Crippen molar-refractivity contribution in [1.29, 1.82) is 0 Å². The van der Waals surface area contributed by atoms with Gasteiger partial charge in [-0.15, -0.1) is 0 Å². The first-order valence-electron chi connectivity index (χ1n) is 7.82. The molecule has 0 spiro atoms. The van der Waals surface area contributed by atoms with Crippen LogP contribution in [0.1, 0.15) is 46.1 Å². The Bertz CT molecular complexity index is 735. The minimum Gasteiger partial charge on any atom is -0.324 e. The summed E-state index contributed by atoms with van der Waals surface area (Å²) in [7, 11) is 1.86. The number of benzene rings is 1. The van der Waals surface area contributed by atoms with E-state index >= 15 is 0 Å². The largest absolute Gasteiger partial charge is 0.324 e. The number of aryl methyl sites for hydroxylation is 4. The average molecular weight is 297 g/mol. The van der Waals surface area contributed by atoms with E-state index in [0.29, 0.717) is 0 Å². The third-order valence-electron chi connectivity index (χ3n) is 4.43. The highest BCUT2D eigenvalue weighted by atomic mass is 16.1. The van der Waals surface area contributed by atoms with Gasteiger partial charge >= 0.3 is 0 Å². The van der Waals surface area contributed by atoms with Crippen molar-refractivity contribution < 1.29 is 4.79 Å². The summed E-state index contributed by atoms with van der Waals surface area (Å²) in [5.74, 6) is 1.05. The summed E-state index contributed by atoms with van der Waals surface area (Å²) in [4.78, 5) is 14.2. The van der Waals surface area contributed by atoms with E-state index in [4.69, 9.17) is 0 Å². The van der Waals surface area contributed by atoms with Crippen molar-refractivity contribution in [3.63, 3.8) is 0 Å². The van der Waals surface area contributed by atoms with Crippen molar-refractivity contribution in [2.75, 3.05) is 11.4 Å². The predicted molar refractivity (Wildman–Crippen MR) is 89.2 cm³/mol. The fourth-order valence-corrected chi connectivity index (χ4v) is 3.78. The van der Waals surface area contributed by atoms with Gasteiger partial charge in [-0.05, 0) is 44.7 Å². The lowest BCUT2D eigenvalue weighted by Crippen LogP contribution is -2.26. The molecule has 0 atom stereocenters. The molecule has 0 amide bonds. The SMILES string of the molecule is CC(=O)c1c2c(nn1C)N(c1c(C)cc(C)cc1C)CCC2. The zero-order valence-corrected chi connectivity index (χ0v) is 14.0. The van der Waals surface area contributed by atoms with Gasteiger partial charge in [0.15, 0.2) is 11.6 Å². The van der Waals surface area contributed by atoms with E-state index in [2.05, 4.69) is 42.9 Å². The molecule has 1 aliphatic heterocycles. The van der Waals surface area contributed by atoms with Crippen LogP contribution in [0.25, 0.3) is 0 Å². The lowest BCUT2D eigenvalue weighted by molar-refractivity contribution is 0.100. The number of anilines is 2. The number of carbonyl (C=O) groups excluding carboxylic acids is 1. The van der Waals surface area contributed by atoms with Crippen LogP contribution in [0.2, 0.25) is 0 Å². The van der Waals surface area contributed by atoms with Crippen LogP contribution >= 0.6 is 0 Å². The van der Waals surface area contributed by atoms with E-state index in [1.807, 2.05) is 7.05 Å². The van der Waals surface area contributed by atoms with Gasteiger partial charge in [0.25, 0.3) is 0 Å². The molecule has 0 N–H and O–H groups in total. The lowest BCUT2D eigenvalue weighted by atomic mass is 9.99. The number of aromatic nitrogens is 2. The Kier molecular flexibility index (Phi) is 3.55.